The largest absolute Gasteiger partial charge is 0.494 e. The van der Waals surface area contributed by atoms with Gasteiger partial charge in [0.2, 0.25) is 6.54 Å². The smallest absolute Gasteiger partial charge is 0.399 e. The van der Waals surface area contributed by atoms with Gasteiger partial charge in [-0.05, 0) is 55.9 Å². The Hall–Kier alpha value is -3.42. The minimum atomic E-state index is -0.476. The molecule has 1 atom stereocenters. The van der Waals surface area contributed by atoms with Crippen LogP contribution in [0.5, 0.6) is 0 Å². The molecule has 178 valence electrons. The fourth-order valence-electron chi connectivity index (χ4n) is 4.74. The predicted octanol–water partition coefficient (Wildman–Crippen LogP) is 5.54. The molecular weight excluding hydrogens is 439 g/mol. The lowest BCUT2D eigenvalue weighted by Gasteiger charge is -2.32. The number of benzene rings is 3. The molecular formula is C28H29BN2O4. The molecule has 2 heterocycles. The highest BCUT2D eigenvalue weighted by atomic mass is 16.7. The van der Waals surface area contributed by atoms with Crippen molar-refractivity contribution < 1.29 is 14.2 Å². The maximum absolute atomic E-state index is 11.8. The van der Waals surface area contributed by atoms with Gasteiger partial charge in [-0.1, -0.05) is 72.8 Å². The van der Waals surface area contributed by atoms with Crippen molar-refractivity contribution >= 4 is 23.5 Å². The number of nitro groups is 1. The van der Waals surface area contributed by atoms with E-state index < -0.39 is 24.2 Å². The van der Waals surface area contributed by atoms with Crippen LogP contribution in [0.1, 0.15) is 44.7 Å². The monoisotopic (exact) mass is 468 g/mol. The topological polar surface area (TPSA) is 77.4 Å². The number of H-pyrrole nitrogens is 1. The Morgan fingerprint density at radius 2 is 1.49 bits per heavy atom. The van der Waals surface area contributed by atoms with Gasteiger partial charge in [0.15, 0.2) is 0 Å². The van der Waals surface area contributed by atoms with Gasteiger partial charge in [-0.25, -0.2) is 0 Å². The van der Waals surface area contributed by atoms with Crippen LogP contribution in [0.15, 0.2) is 78.9 Å². The molecule has 3 aromatic carbocycles. The van der Waals surface area contributed by atoms with Gasteiger partial charge in [0.25, 0.3) is 0 Å². The summed E-state index contributed by atoms with van der Waals surface area (Å²) in [6.07, 6.45) is 0. The molecule has 4 aromatic rings. The van der Waals surface area contributed by atoms with Crippen molar-refractivity contribution in [3.8, 4) is 11.3 Å². The first kappa shape index (κ1) is 23.3. The van der Waals surface area contributed by atoms with E-state index in [2.05, 4.69) is 4.98 Å². The molecule has 0 amide bonds. The summed E-state index contributed by atoms with van der Waals surface area (Å²) in [5, 5.41) is 12.8. The van der Waals surface area contributed by atoms with E-state index in [0.29, 0.717) is 0 Å². The summed E-state index contributed by atoms with van der Waals surface area (Å²) in [6.45, 7) is 7.89. The van der Waals surface area contributed by atoms with E-state index in [1.807, 2.05) is 107 Å². The van der Waals surface area contributed by atoms with Crippen LogP contribution in [0.3, 0.4) is 0 Å². The van der Waals surface area contributed by atoms with Crippen molar-refractivity contribution in [2.24, 2.45) is 0 Å². The Kier molecular flexibility index (Phi) is 5.78. The van der Waals surface area contributed by atoms with Crippen molar-refractivity contribution in [2.45, 2.75) is 44.8 Å². The van der Waals surface area contributed by atoms with Gasteiger partial charge in [0.1, 0.15) is 0 Å². The maximum Gasteiger partial charge on any atom is 0.494 e. The minimum absolute atomic E-state index is 0.211. The number of para-hydroxylation sites is 1. The van der Waals surface area contributed by atoms with Gasteiger partial charge in [-0.2, -0.15) is 0 Å². The van der Waals surface area contributed by atoms with E-state index in [9.17, 15) is 10.1 Å². The zero-order valence-corrected chi connectivity index (χ0v) is 20.4. The molecule has 1 fully saturated rings. The molecule has 1 N–H and O–H groups in total. The van der Waals surface area contributed by atoms with Crippen LogP contribution >= 0.6 is 0 Å². The molecule has 0 radical (unpaired) electrons. The zero-order chi connectivity index (χ0) is 24.8. The number of nitrogens with zero attached hydrogens (tertiary/aromatic N) is 1. The summed E-state index contributed by atoms with van der Waals surface area (Å²) in [6, 6.07) is 25.8. The second-order valence-corrected chi connectivity index (χ2v) is 10.1. The molecule has 1 aromatic heterocycles. The zero-order valence-electron chi connectivity index (χ0n) is 20.4. The lowest BCUT2D eigenvalue weighted by molar-refractivity contribution is -0.481. The molecule has 7 heteroatoms. The first-order chi connectivity index (χ1) is 16.7. The van der Waals surface area contributed by atoms with E-state index in [1.54, 1.807) is 0 Å². The van der Waals surface area contributed by atoms with Crippen LogP contribution < -0.4 is 5.46 Å². The second kappa shape index (κ2) is 8.66. The average molecular weight is 468 g/mol. The summed E-state index contributed by atoms with van der Waals surface area (Å²) in [5.41, 5.74) is 4.72. The third kappa shape index (κ3) is 4.26. The Morgan fingerprint density at radius 3 is 2.11 bits per heavy atom. The van der Waals surface area contributed by atoms with E-state index in [-0.39, 0.29) is 11.5 Å². The summed E-state index contributed by atoms with van der Waals surface area (Å²) in [4.78, 5) is 15.1. The normalized spacial score (nSPS) is 17.5. The van der Waals surface area contributed by atoms with Gasteiger partial charge >= 0.3 is 7.12 Å². The van der Waals surface area contributed by atoms with Gasteiger partial charge in [0, 0.05) is 15.8 Å². The number of hydrogen-bond acceptors (Lipinski definition) is 4. The molecule has 1 saturated heterocycles. The van der Waals surface area contributed by atoms with Crippen LogP contribution in [-0.4, -0.2) is 34.8 Å². The van der Waals surface area contributed by atoms with E-state index in [0.717, 1.165) is 38.8 Å². The molecule has 5 rings (SSSR count). The van der Waals surface area contributed by atoms with Crippen molar-refractivity contribution in [2.75, 3.05) is 6.54 Å². The minimum Gasteiger partial charge on any atom is -0.399 e. The Bertz CT molecular complexity index is 1350. The van der Waals surface area contributed by atoms with Crippen molar-refractivity contribution in [1.29, 1.82) is 0 Å². The molecule has 1 unspecified atom stereocenters. The lowest BCUT2D eigenvalue weighted by atomic mass is 9.77. The van der Waals surface area contributed by atoms with E-state index in [4.69, 9.17) is 9.31 Å². The van der Waals surface area contributed by atoms with Gasteiger partial charge in [0.05, 0.1) is 22.8 Å². The van der Waals surface area contributed by atoms with Gasteiger partial charge in [-0.15, -0.1) is 0 Å². The fraction of sp³-hybridized carbons (Fsp3) is 0.286. The molecule has 0 spiro atoms. The molecule has 35 heavy (non-hydrogen) atoms. The van der Waals surface area contributed by atoms with Crippen LogP contribution in [-0.2, 0) is 9.31 Å². The lowest BCUT2D eigenvalue weighted by Crippen LogP contribution is -2.41. The molecule has 0 saturated carbocycles. The standard InChI is InChI=1S/C28H29BN2O4/c1-27(2)28(3,4)35-29(34-27)21-16-14-19(15-17-21)23(18-31(32)33)25-22-12-8-9-13-24(22)30-26(25)20-10-6-5-7-11-20/h5-17,23,30H,18H2,1-4H3. The van der Waals surface area contributed by atoms with Crippen LogP contribution in [0.4, 0.5) is 0 Å². The van der Waals surface area contributed by atoms with E-state index in [1.165, 1.54) is 0 Å². The number of aromatic nitrogens is 1. The highest BCUT2D eigenvalue weighted by Gasteiger charge is 2.51. The third-order valence-corrected chi connectivity index (χ3v) is 7.35. The molecule has 0 aliphatic carbocycles. The van der Waals surface area contributed by atoms with Crippen LogP contribution in [0, 0.1) is 10.1 Å². The maximum atomic E-state index is 11.8. The first-order valence-corrected chi connectivity index (χ1v) is 11.9. The molecule has 6 nitrogen and oxygen atoms in total. The van der Waals surface area contributed by atoms with Crippen LogP contribution in [0.2, 0.25) is 0 Å². The highest BCUT2D eigenvalue weighted by Crippen LogP contribution is 2.39. The number of rotatable bonds is 6. The summed E-state index contributed by atoms with van der Waals surface area (Å²) in [5.74, 6) is -0.427. The van der Waals surface area contributed by atoms with Gasteiger partial charge in [-0.3, -0.25) is 10.1 Å². The van der Waals surface area contributed by atoms with Crippen molar-refractivity contribution in [1.82, 2.24) is 4.98 Å². The number of hydrogen-bond donors (Lipinski definition) is 1. The average Bonchev–Trinajstić information content (AvgIpc) is 3.31. The molecule has 1 aliphatic rings. The Morgan fingerprint density at radius 1 is 0.886 bits per heavy atom. The first-order valence-electron chi connectivity index (χ1n) is 11.9. The summed E-state index contributed by atoms with van der Waals surface area (Å²) in [7, 11) is -0.476. The highest BCUT2D eigenvalue weighted by molar-refractivity contribution is 6.62. The number of aromatic amines is 1. The van der Waals surface area contributed by atoms with Crippen LogP contribution in [0.25, 0.3) is 22.2 Å². The second-order valence-electron chi connectivity index (χ2n) is 10.1. The van der Waals surface area contributed by atoms with Crippen molar-refractivity contribution in [3.05, 3.63) is 100 Å². The Balaban J connectivity index is 1.58. The quantitative estimate of drug-likeness (QED) is 0.229. The number of fused-ring (bicyclic) bond motifs is 1. The van der Waals surface area contributed by atoms with Gasteiger partial charge < -0.3 is 14.3 Å². The summed E-state index contributed by atoms with van der Waals surface area (Å²) < 4.78 is 12.4. The SMILES string of the molecule is CC1(C)OB(c2ccc(C(C[N+](=O)[O-])c3c(-c4ccccc4)[nH]c4ccccc34)cc2)OC1(C)C. The third-order valence-electron chi connectivity index (χ3n) is 7.35. The summed E-state index contributed by atoms with van der Waals surface area (Å²) >= 11 is 0. The Labute approximate surface area is 205 Å². The van der Waals surface area contributed by atoms with Crippen molar-refractivity contribution in [3.63, 3.8) is 0 Å². The molecule has 0 bridgehead atoms. The molecule has 1 aliphatic heterocycles. The van der Waals surface area contributed by atoms with E-state index >= 15 is 0 Å². The number of nitrogens with one attached hydrogen (secondary N) is 1. The predicted molar refractivity (Wildman–Crippen MR) is 140 cm³/mol. The fourth-order valence-corrected chi connectivity index (χ4v) is 4.74.